The molecule has 18 heavy (non-hydrogen) atoms. The smallest absolute Gasteiger partial charge is 0.0579 e. The number of nitrogens with one attached hydrogen (secondary N) is 1. The summed E-state index contributed by atoms with van der Waals surface area (Å²) in [7, 11) is 0. The lowest BCUT2D eigenvalue weighted by Crippen LogP contribution is -2.08. The molecule has 0 saturated carbocycles. The van der Waals surface area contributed by atoms with E-state index in [0.29, 0.717) is 0 Å². The Morgan fingerprint density at radius 2 is 1.94 bits per heavy atom. The third-order valence-corrected chi connectivity index (χ3v) is 3.77. The first kappa shape index (κ1) is 13.5. The first-order valence-electron chi connectivity index (χ1n) is 5.64. The van der Waals surface area contributed by atoms with Crippen LogP contribution in [0, 0.1) is 3.57 Å². The number of anilines is 2. The van der Waals surface area contributed by atoms with Crippen molar-refractivity contribution in [2.45, 2.75) is 13.0 Å². The van der Waals surface area contributed by atoms with Crippen LogP contribution in [0.4, 0.5) is 11.4 Å². The summed E-state index contributed by atoms with van der Waals surface area (Å²) in [5.74, 6) is 0. The number of benzene rings is 2. The van der Waals surface area contributed by atoms with Crippen molar-refractivity contribution in [2.75, 3.05) is 11.1 Å². The molecule has 94 valence electrons. The Hall–Kier alpha value is -0.940. The number of halogens is 2. The summed E-state index contributed by atoms with van der Waals surface area (Å²) < 4.78 is 1.13. The molecule has 2 nitrogen and oxygen atoms in total. The second-order valence-corrected chi connectivity index (χ2v) is 5.77. The van der Waals surface area contributed by atoms with Crippen LogP contribution in [-0.2, 0) is 0 Å². The van der Waals surface area contributed by atoms with Gasteiger partial charge in [-0.15, -0.1) is 0 Å². The van der Waals surface area contributed by atoms with Crippen molar-refractivity contribution < 1.29 is 0 Å². The van der Waals surface area contributed by atoms with Gasteiger partial charge in [-0.25, -0.2) is 0 Å². The standard InChI is InChI=1S/C14H14ClIN2/c1-9(11-4-2-3-5-12(11)15)18-14-7-6-10(16)8-13(14)17/h2-9,18H,17H2,1H3. The lowest BCUT2D eigenvalue weighted by Gasteiger charge is -2.18. The largest absolute Gasteiger partial charge is 0.397 e. The SMILES string of the molecule is CC(Nc1ccc(I)cc1N)c1ccccc1Cl. The van der Waals surface area contributed by atoms with Crippen molar-refractivity contribution in [3.63, 3.8) is 0 Å². The summed E-state index contributed by atoms with van der Waals surface area (Å²) in [6.45, 7) is 2.07. The molecule has 0 aliphatic heterocycles. The molecule has 2 rings (SSSR count). The van der Waals surface area contributed by atoms with Crippen molar-refractivity contribution in [3.05, 3.63) is 56.6 Å². The highest BCUT2D eigenvalue weighted by molar-refractivity contribution is 14.1. The minimum Gasteiger partial charge on any atom is -0.397 e. The molecule has 4 heteroatoms. The number of hydrogen-bond acceptors (Lipinski definition) is 2. The van der Waals surface area contributed by atoms with Gasteiger partial charge < -0.3 is 11.1 Å². The van der Waals surface area contributed by atoms with Crippen LogP contribution in [0.1, 0.15) is 18.5 Å². The van der Waals surface area contributed by atoms with Gasteiger partial charge in [0.2, 0.25) is 0 Å². The van der Waals surface area contributed by atoms with Gasteiger partial charge in [-0.1, -0.05) is 29.8 Å². The Morgan fingerprint density at radius 3 is 2.61 bits per heavy atom. The van der Waals surface area contributed by atoms with Gasteiger partial charge in [-0.05, 0) is 59.3 Å². The van der Waals surface area contributed by atoms with E-state index in [9.17, 15) is 0 Å². The van der Waals surface area contributed by atoms with Crippen molar-refractivity contribution in [3.8, 4) is 0 Å². The molecule has 0 saturated heterocycles. The molecule has 0 heterocycles. The molecular formula is C14H14ClIN2. The van der Waals surface area contributed by atoms with E-state index in [0.717, 1.165) is 25.5 Å². The zero-order valence-corrected chi connectivity index (χ0v) is 12.9. The molecule has 0 radical (unpaired) electrons. The van der Waals surface area contributed by atoms with Gasteiger partial charge in [0.05, 0.1) is 17.4 Å². The first-order chi connectivity index (χ1) is 8.58. The van der Waals surface area contributed by atoms with Gasteiger partial charge in [0, 0.05) is 8.59 Å². The zero-order valence-electron chi connectivity index (χ0n) is 9.95. The van der Waals surface area contributed by atoms with Crippen molar-refractivity contribution >= 4 is 45.6 Å². The van der Waals surface area contributed by atoms with E-state index in [2.05, 4.69) is 34.8 Å². The molecule has 1 atom stereocenters. The Morgan fingerprint density at radius 1 is 1.22 bits per heavy atom. The van der Waals surface area contributed by atoms with E-state index in [1.165, 1.54) is 0 Å². The summed E-state index contributed by atoms with van der Waals surface area (Å²) in [6, 6.07) is 13.9. The molecule has 0 aliphatic rings. The highest BCUT2D eigenvalue weighted by Gasteiger charge is 2.10. The van der Waals surface area contributed by atoms with E-state index in [-0.39, 0.29) is 6.04 Å². The van der Waals surface area contributed by atoms with Crippen LogP contribution in [0.15, 0.2) is 42.5 Å². The van der Waals surface area contributed by atoms with E-state index < -0.39 is 0 Å². The third-order valence-electron chi connectivity index (χ3n) is 2.76. The summed E-state index contributed by atoms with van der Waals surface area (Å²) in [5, 5.41) is 4.15. The summed E-state index contributed by atoms with van der Waals surface area (Å²) in [5.41, 5.74) is 8.74. The average Bonchev–Trinajstić information content (AvgIpc) is 2.33. The minimum absolute atomic E-state index is 0.112. The molecule has 1 unspecified atom stereocenters. The lowest BCUT2D eigenvalue weighted by molar-refractivity contribution is 0.886. The predicted molar refractivity (Wildman–Crippen MR) is 87.1 cm³/mol. The minimum atomic E-state index is 0.112. The third kappa shape index (κ3) is 3.09. The van der Waals surface area contributed by atoms with Gasteiger partial charge in [0.25, 0.3) is 0 Å². The zero-order chi connectivity index (χ0) is 13.1. The topological polar surface area (TPSA) is 38.0 Å². The lowest BCUT2D eigenvalue weighted by atomic mass is 10.1. The molecule has 0 fully saturated rings. The average molecular weight is 373 g/mol. The molecular weight excluding hydrogens is 359 g/mol. The maximum Gasteiger partial charge on any atom is 0.0579 e. The second kappa shape index (κ2) is 5.80. The highest BCUT2D eigenvalue weighted by atomic mass is 127. The van der Waals surface area contributed by atoms with Crippen LogP contribution < -0.4 is 11.1 Å². The molecule has 0 aliphatic carbocycles. The molecule has 0 bridgehead atoms. The Labute approximate surface area is 126 Å². The van der Waals surface area contributed by atoms with Crippen molar-refractivity contribution in [1.29, 1.82) is 0 Å². The fourth-order valence-electron chi connectivity index (χ4n) is 1.80. The van der Waals surface area contributed by atoms with E-state index >= 15 is 0 Å². The van der Waals surface area contributed by atoms with Gasteiger partial charge in [0.1, 0.15) is 0 Å². The van der Waals surface area contributed by atoms with Gasteiger partial charge in [-0.2, -0.15) is 0 Å². The number of hydrogen-bond donors (Lipinski definition) is 2. The molecule has 3 N–H and O–H groups in total. The fourth-order valence-corrected chi connectivity index (χ4v) is 2.62. The Bertz CT molecular complexity index is 557. The van der Waals surface area contributed by atoms with Crippen LogP contribution >= 0.6 is 34.2 Å². The highest BCUT2D eigenvalue weighted by Crippen LogP contribution is 2.28. The second-order valence-electron chi connectivity index (χ2n) is 4.12. The van der Waals surface area contributed by atoms with Gasteiger partial charge >= 0.3 is 0 Å². The van der Waals surface area contributed by atoms with Gasteiger partial charge in [-0.3, -0.25) is 0 Å². The fraction of sp³-hybridized carbons (Fsp3) is 0.143. The maximum atomic E-state index is 6.18. The normalized spacial score (nSPS) is 12.2. The van der Waals surface area contributed by atoms with Crippen LogP contribution in [0.5, 0.6) is 0 Å². The summed E-state index contributed by atoms with van der Waals surface area (Å²) in [6.07, 6.45) is 0. The van der Waals surface area contributed by atoms with Crippen molar-refractivity contribution in [2.24, 2.45) is 0 Å². The first-order valence-corrected chi connectivity index (χ1v) is 7.09. The quantitative estimate of drug-likeness (QED) is 0.605. The Balaban J connectivity index is 2.21. The summed E-state index contributed by atoms with van der Waals surface area (Å²) in [4.78, 5) is 0. The van der Waals surface area contributed by atoms with Crippen LogP contribution in [-0.4, -0.2) is 0 Å². The van der Waals surface area contributed by atoms with E-state index in [1.807, 2.05) is 42.5 Å². The predicted octanol–water partition coefficient (Wildman–Crippen LogP) is 4.70. The molecule has 0 aromatic heterocycles. The van der Waals surface area contributed by atoms with Crippen molar-refractivity contribution in [1.82, 2.24) is 0 Å². The van der Waals surface area contributed by atoms with Gasteiger partial charge in [0.15, 0.2) is 0 Å². The number of nitrogen functional groups attached to an aromatic ring is 1. The van der Waals surface area contributed by atoms with E-state index in [4.69, 9.17) is 17.3 Å². The molecule has 2 aromatic rings. The number of rotatable bonds is 3. The van der Waals surface area contributed by atoms with Crippen LogP contribution in [0.25, 0.3) is 0 Å². The number of nitrogens with two attached hydrogens (primary N) is 1. The van der Waals surface area contributed by atoms with Crippen LogP contribution in [0.3, 0.4) is 0 Å². The Kier molecular flexibility index (Phi) is 4.35. The maximum absolute atomic E-state index is 6.18. The molecule has 0 spiro atoms. The monoisotopic (exact) mass is 372 g/mol. The molecule has 2 aromatic carbocycles. The molecule has 0 amide bonds. The summed E-state index contributed by atoms with van der Waals surface area (Å²) >= 11 is 8.42. The van der Waals surface area contributed by atoms with E-state index in [1.54, 1.807) is 0 Å². The van der Waals surface area contributed by atoms with Crippen LogP contribution in [0.2, 0.25) is 5.02 Å².